The van der Waals surface area contributed by atoms with Crippen molar-refractivity contribution in [3.05, 3.63) is 0 Å². The molecule has 14 heavy (non-hydrogen) atoms. The lowest BCUT2D eigenvalue weighted by molar-refractivity contribution is 0.318. The van der Waals surface area contributed by atoms with E-state index in [9.17, 15) is 0 Å². The molecule has 0 fully saturated rings. The summed E-state index contributed by atoms with van der Waals surface area (Å²) in [6.45, 7) is 7.72. The monoisotopic (exact) mass is 252 g/mol. The topological polar surface area (TPSA) is 80.9 Å². The molecule has 0 spiro atoms. The third kappa shape index (κ3) is 5730. The van der Waals surface area contributed by atoms with Crippen LogP contribution in [0.3, 0.4) is 0 Å². The molecule has 0 heterocycles. The van der Waals surface area contributed by atoms with Gasteiger partial charge in [-0.25, -0.2) is 0 Å². The van der Waals surface area contributed by atoms with E-state index in [0.717, 1.165) is 0 Å². The van der Waals surface area contributed by atoms with Crippen LogP contribution in [0.2, 0.25) is 0 Å². The van der Waals surface area contributed by atoms with E-state index in [0.29, 0.717) is 0 Å². The first-order valence-corrected chi connectivity index (χ1v) is 4.09. The van der Waals surface area contributed by atoms with Crippen molar-refractivity contribution in [3.63, 3.8) is 0 Å². The fourth-order valence-corrected chi connectivity index (χ4v) is 0. The number of hydrogen-bond donors (Lipinski definition) is 4. The summed E-state index contributed by atoms with van der Waals surface area (Å²) in [7, 11) is 0. The summed E-state index contributed by atoms with van der Waals surface area (Å²) in [6.07, 6.45) is 0. The maximum atomic E-state index is 7.57. The summed E-state index contributed by atoms with van der Waals surface area (Å²) in [5.41, 5.74) is 0. The Morgan fingerprint density at radius 1 is 0.500 bits per heavy atom. The van der Waals surface area contributed by atoms with Crippen molar-refractivity contribution in [2.45, 2.75) is 27.7 Å². The Bertz CT molecular complexity index is 27.3. The molecule has 0 aromatic carbocycles. The van der Waals surface area contributed by atoms with Gasteiger partial charge in [0.2, 0.25) is 0 Å². The van der Waals surface area contributed by atoms with E-state index in [4.69, 9.17) is 20.4 Å². The minimum Gasteiger partial charge on any atom is -0.397 e. The first kappa shape index (κ1) is 36.5. The first-order chi connectivity index (χ1) is 5.66. The van der Waals surface area contributed by atoms with Gasteiger partial charge in [0, 0.05) is 26.4 Å². The van der Waals surface area contributed by atoms with Crippen molar-refractivity contribution >= 4 is 27.0 Å². The van der Waals surface area contributed by atoms with Crippen LogP contribution >= 0.6 is 27.0 Å². The molecule has 0 aromatic heterocycles. The highest BCUT2D eigenvalue weighted by Crippen LogP contribution is 1.30. The van der Waals surface area contributed by atoms with Crippen molar-refractivity contribution in [1.82, 2.24) is 0 Å². The predicted molar refractivity (Wildman–Crippen MR) is 71.8 cm³/mol. The van der Waals surface area contributed by atoms with Crippen LogP contribution in [0.1, 0.15) is 27.7 Å². The molecule has 0 aliphatic heterocycles. The third-order valence-corrected chi connectivity index (χ3v) is 0. The maximum absolute atomic E-state index is 7.57. The van der Waals surface area contributed by atoms with Gasteiger partial charge >= 0.3 is 0 Å². The Hall–Kier alpha value is 0.540. The fraction of sp³-hybridized carbons (Fsp3) is 1.00. The minimum absolute atomic E-state index is 0. The van der Waals surface area contributed by atoms with Crippen molar-refractivity contribution in [1.29, 1.82) is 0 Å². The Kier molecular flexibility index (Phi) is 270. The molecule has 0 bridgehead atoms. The third-order valence-electron chi connectivity index (χ3n) is 0. The molecule has 0 saturated heterocycles. The molecular formula is C8H28O4S2. The van der Waals surface area contributed by atoms with Crippen LogP contribution in [-0.2, 0) is 0 Å². The Balaban J connectivity index is -0.0000000145. The number of aliphatic hydroxyl groups excluding tert-OH is 4. The van der Waals surface area contributed by atoms with E-state index in [1.807, 2.05) is 0 Å². The molecule has 0 aliphatic rings. The molecule has 0 aromatic rings. The summed E-state index contributed by atoms with van der Waals surface area (Å²) in [5, 5.41) is 30.3. The average molecular weight is 252 g/mol. The zero-order chi connectivity index (χ0) is 10.8. The van der Waals surface area contributed by atoms with Crippen LogP contribution in [0, 0.1) is 0 Å². The summed E-state index contributed by atoms with van der Waals surface area (Å²) in [4.78, 5) is 0. The first-order valence-electron chi connectivity index (χ1n) is 4.09. The van der Waals surface area contributed by atoms with E-state index < -0.39 is 0 Å². The standard InChI is InChI=1S/4C2H6O.2H2S/c4*1-2-3;;/h4*3H,2H2,1H3;2*1H2. The largest absolute Gasteiger partial charge is 0.397 e. The lowest BCUT2D eigenvalue weighted by Gasteiger charge is -1.52. The SMILES string of the molecule is CCO.CCO.CCO.CCO.S.S. The molecule has 0 rings (SSSR count). The lowest BCUT2D eigenvalue weighted by Crippen LogP contribution is -1.57. The second-order valence-corrected chi connectivity index (χ2v) is 1.26. The number of aliphatic hydroxyl groups is 4. The van der Waals surface area contributed by atoms with Crippen molar-refractivity contribution in [3.8, 4) is 0 Å². The minimum atomic E-state index is 0. The van der Waals surface area contributed by atoms with Crippen LogP contribution in [0.4, 0.5) is 0 Å². The van der Waals surface area contributed by atoms with E-state index in [-0.39, 0.29) is 53.4 Å². The summed E-state index contributed by atoms with van der Waals surface area (Å²) in [5.74, 6) is 0. The Morgan fingerprint density at radius 2 is 0.500 bits per heavy atom. The molecule has 4 nitrogen and oxygen atoms in total. The quantitative estimate of drug-likeness (QED) is 0.497. The zero-order valence-corrected chi connectivity index (χ0v) is 11.6. The van der Waals surface area contributed by atoms with E-state index in [2.05, 4.69) is 0 Å². The van der Waals surface area contributed by atoms with Crippen molar-refractivity contribution in [2.24, 2.45) is 0 Å². The van der Waals surface area contributed by atoms with Crippen LogP contribution < -0.4 is 0 Å². The summed E-state index contributed by atoms with van der Waals surface area (Å²) >= 11 is 0. The molecule has 0 atom stereocenters. The van der Waals surface area contributed by atoms with Gasteiger partial charge in [0.1, 0.15) is 0 Å². The van der Waals surface area contributed by atoms with Gasteiger partial charge in [0.25, 0.3) is 0 Å². The average Bonchev–Trinajstić information content (AvgIpc) is 1.92. The zero-order valence-electron chi connectivity index (χ0n) is 9.62. The second-order valence-electron chi connectivity index (χ2n) is 1.26. The molecule has 4 N–H and O–H groups in total. The van der Waals surface area contributed by atoms with Crippen LogP contribution in [0.25, 0.3) is 0 Å². The molecule has 0 saturated carbocycles. The molecule has 0 radical (unpaired) electrons. The Morgan fingerprint density at radius 3 is 0.500 bits per heavy atom. The van der Waals surface area contributed by atoms with Crippen LogP contribution in [0.15, 0.2) is 0 Å². The van der Waals surface area contributed by atoms with Gasteiger partial charge in [-0.05, 0) is 27.7 Å². The number of rotatable bonds is 0. The highest BCUT2D eigenvalue weighted by atomic mass is 32.1. The van der Waals surface area contributed by atoms with Gasteiger partial charge in [-0.2, -0.15) is 27.0 Å². The highest BCUT2D eigenvalue weighted by Gasteiger charge is 1.35. The molecule has 0 unspecified atom stereocenters. The van der Waals surface area contributed by atoms with E-state index in [1.165, 1.54) is 0 Å². The van der Waals surface area contributed by atoms with Gasteiger partial charge in [0.15, 0.2) is 0 Å². The molecule has 96 valence electrons. The van der Waals surface area contributed by atoms with Gasteiger partial charge in [-0.1, -0.05) is 0 Å². The number of hydrogen-bond acceptors (Lipinski definition) is 4. The fourth-order valence-electron chi connectivity index (χ4n) is 0. The second kappa shape index (κ2) is 103. The maximum Gasteiger partial charge on any atom is 0.0402 e. The van der Waals surface area contributed by atoms with Crippen LogP contribution in [-0.4, -0.2) is 46.9 Å². The highest BCUT2D eigenvalue weighted by molar-refractivity contribution is 7.59. The Labute approximate surface area is 102 Å². The van der Waals surface area contributed by atoms with Gasteiger partial charge < -0.3 is 20.4 Å². The predicted octanol–water partition coefficient (Wildman–Crippen LogP) is 0.220. The van der Waals surface area contributed by atoms with E-state index in [1.54, 1.807) is 27.7 Å². The van der Waals surface area contributed by atoms with Crippen molar-refractivity contribution in [2.75, 3.05) is 26.4 Å². The summed E-state index contributed by atoms with van der Waals surface area (Å²) < 4.78 is 0. The van der Waals surface area contributed by atoms with Crippen LogP contribution in [0.5, 0.6) is 0 Å². The normalized spacial score (nSPS) is 5.14. The molecule has 0 amide bonds. The van der Waals surface area contributed by atoms with E-state index >= 15 is 0 Å². The lowest BCUT2D eigenvalue weighted by atomic mass is 10.9. The molecule has 6 heteroatoms. The van der Waals surface area contributed by atoms with Gasteiger partial charge in [-0.15, -0.1) is 0 Å². The van der Waals surface area contributed by atoms with Gasteiger partial charge in [-0.3, -0.25) is 0 Å². The smallest absolute Gasteiger partial charge is 0.0402 e. The molecule has 0 aliphatic carbocycles. The summed E-state index contributed by atoms with van der Waals surface area (Å²) in [6, 6.07) is 0. The molecular weight excluding hydrogens is 224 g/mol. The van der Waals surface area contributed by atoms with Gasteiger partial charge in [0.05, 0.1) is 0 Å². The van der Waals surface area contributed by atoms with Crippen molar-refractivity contribution < 1.29 is 20.4 Å².